The first kappa shape index (κ1) is 19.2. The van der Waals surface area contributed by atoms with E-state index in [4.69, 9.17) is 14.6 Å². The van der Waals surface area contributed by atoms with Gasteiger partial charge in [-0.15, -0.1) is 0 Å². The predicted octanol–water partition coefficient (Wildman–Crippen LogP) is 3.50. The van der Waals surface area contributed by atoms with Gasteiger partial charge in [-0.3, -0.25) is 4.79 Å². The van der Waals surface area contributed by atoms with E-state index in [1.54, 1.807) is 19.1 Å². The fourth-order valence-corrected chi connectivity index (χ4v) is 2.29. The van der Waals surface area contributed by atoms with Crippen molar-refractivity contribution in [3.05, 3.63) is 53.3 Å². The minimum absolute atomic E-state index is 0.226. The highest BCUT2D eigenvalue weighted by Gasteiger charge is 2.13. The Morgan fingerprint density at radius 1 is 1.08 bits per heavy atom. The molecule has 0 aliphatic carbocycles. The zero-order valence-corrected chi connectivity index (χ0v) is 14.5. The van der Waals surface area contributed by atoms with Gasteiger partial charge in [0, 0.05) is 11.3 Å². The van der Waals surface area contributed by atoms with E-state index in [2.05, 4.69) is 5.32 Å². The third-order valence-corrected chi connectivity index (χ3v) is 3.55. The SMILES string of the molecule is CCOc1cc(C(=O)Nc2ccc(CC)c(F)c2)ccc1OCC(=O)O. The second-order valence-electron chi connectivity index (χ2n) is 5.39. The molecular formula is C19H20FNO5. The van der Waals surface area contributed by atoms with Crippen LogP contribution in [0.3, 0.4) is 0 Å². The molecule has 7 heteroatoms. The topological polar surface area (TPSA) is 84.9 Å². The molecule has 0 aliphatic heterocycles. The Hall–Kier alpha value is -3.09. The van der Waals surface area contributed by atoms with E-state index < -0.39 is 18.5 Å². The molecule has 0 spiro atoms. The van der Waals surface area contributed by atoms with Crippen molar-refractivity contribution >= 4 is 17.6 Å². The summed E-state index contributed by atoms with van der Waals surface area (Å²) in [4.78, 5) is 23.0. The highest BCUT2D eigenvalue weighted by molar-refractivity contribution is 6.04. The second-order valence-corrected chi connectivity index (χ2v) is 5.39. The summed E-state index contributed by atoms with van der Waals surface area (Å²) in [5, 5.41) is 11.3. The van der Waals surface area contributed by atoms with E-state index in [0.717, 1.165) is 0 Å². The molecule has 1 amide bonds. The molecule has 0 atom stereocenters. The number of aliphatic carboxylic acids is 1. The van der Waals surface area contributed by atoms with Gasteiger partial charge < -0.3 is 19.9 Å². The molecule has 0 aliphatic rings. The highest BCUT2D eigenvalue weighted by Crippen LogP contribution is 2.29. The molecule has 0 radical (unpaired) electrons. The van der Waals surface area contributed by atoms with Crippen LogP contribution in [0.4, 0.5) is 10.1 Å². The van der Waals surface area contributed by atoms with E-state index in [1.807, 2.05) is 6.92 Å². The third-order valence-electron chi connectivity index (χ3n) is 3.55. The number of carbonyl (C=O) groups is 2. The number of halogens is 1. The van der Waals surface area contributed by atoms with Crippen molar-refractivity contribution in [1.29, 1.82) is 0 Å². The number of carboxylic acid groups (broad SMARTS) is 1. The number of carboxylic acids is 1. The van der Waals surface area contributed by atoms with Crippen molar-refractivity contribution in [2.45, 2.75) is 20.3 Å². The largest absolute Gasteiger partial charge is 0.490 e. The van der Waals surface area contributed by atoms with Crippen molar-refractivity contribution in [2.24, 2.45) is 0 Å². The fourth-order valence-electron chi connectivity index (χ4n) is 2.29. The van der Waals surface area contributed by atoms with Crippen LogP contribution in [-0.2, 0) is 11.2 Å². The van der Waals surface area contributed by atoms with Crippen molar-refractivity contribution in [3.8, 4) is 11.5 Å². The summed E-state index contributed by atoms with van der Waals surface area (Å²) in [5.41, 5.74) is 1.19. The van der Waals surface area contributed by atoms with Gasteiger partial charge in [-0.05, 0) is 49.2 Å². The standard InChI is InChI=1S/C19H20FNO5/c1-3-12-5-7-14(10-15(12)20)21-19(24)13-6-8-16(26-11-18(22)23)17(9-13)25-4-2/h5-10H,3-4,11H2,1-2H3,(H,21,24)(H,22,23). The quantitative estimate of drug-likeness (QED) is 0.752. The summed E-state index contributed by atoms with van der Waals surface area (Å²) >= 11 is 0. The van der Waals surface area contributed by atoms with Crippen molar-refractivity contribution < 1.29 is 28.6 Å². The van der Waals surface area contributed by atoms with E-state index >= 15 is 0 Å². The monoisotopic (exact) mass is 361 g/mol. The lowest BCUT2D eigenvalue weighted by Gasteiger charge is -2.13. The predicted molar refractivity (Wildman–Crippen MR) is 94.5 cm³/mol. The number of carbonyl (C=O) groups excluding carboxylic acids is 1. The Balaban J connectivity index is 2.18. The molecule has 0 bridgehead atoms. The zero-order valence-electron chi connectivity index (χ0n) is 14.5. The molecule has 0 saturated heterocycles. The average Bonchev–Trinajstić information content (AvgIpc) is 2.61. The van der Waals surface area contributed by atoms with Gasteiger partial charge in [0.05, 0.1) is 6.61 Å². The van der Waals surface area contributed by atoms with Gasteiger partial charge in [-0.25, -0.2) is 9.18 Å². The van der Waals surface area contributed by atoms with Crippen LogP contribution in [0.1, 0.15) is 29.8 Å². The first-order valence-electron chi connectivity index (χ1n) is 8.15. The molecule has 6 nitrogen and oxygen atoms in total. The molecule has 2 aromatic rings. The van der Waals surface area contributed by atoms with Crippen LogP contribution in [0.15, 0.2) is 36.4 Å². The van der Waals surface area contributed by atoms with Gasteiger partial charge in [0.1, 0.15) is 5.82 Å². The van der Waals surface area contributed by atoms with Gasteiger partial charge in [0.15, 0.2) is 18.1 Å². The maximum Gasteiger partial charge on any atom is 0.341 e. The average molecular weight is 361 g/mol. The van der Waals surface area contributed by atoms with Crippen molar-refractivity contribution in [3.63, 3.8) is 0 Å². The Kier molecular flexibility index (Phi) is 6.54. The number of aryl methyl sites for hydroxylation is 1. The Morgan fingerprint density at radius 2 is 1.85 bits per heavy atom. The lowest BCUT2D eigenvalue weighted by molar-refractivity contribution is -0.139. The first-order chi connectivity index (χ1) is 12.4. The van der Waals surface area contributed by atoms with Gasteiger partial charge in [-0.2, -0.15) is 0 Å². The van der Waals surface area contributed by atoms with Crippen LogP contribution in [0.5, 0.6) is 11.5 Å². The van der Waals surface area contributed by atoms with Gasteiger partial charge in [0.25, 0.3) is 5.91 Å². The molecule has 2 rings (SSSR count). The van der Waals surface area contributed by atoms with Crippen LogP contribution in [0, 0.1) is 5.82 Å². The molecule has 0 heterocycles. The number of amides is 1. The van der Waals surface area contributed by atoms with E-state index in [9.17, 15) is 14.0 Å². The van der Waals surface area contributed by atoms with Crippen molar-refractivity contribution in [2.75, 3.05) is 18.5 Å². The molecule has 0 aromatic heterocycles. The smallest absolute Gasteiger partial charge is 0.341 e. The normalized spacial score (nSPS) is 10.3. The van der Waals surface area contributed by atoms with Gasteiger partial charge in [-0.1, -0.05) is 13.0 Å². The lowest BCUT2D eigenvalue weighted by atomic mass is 10.1. The van der Waals surface area contributed by atoms with E-state index in [-0.39, 0.29) is 22.9 Å². The van der Waals surface area contributed by atoms with Gasteiger partial charge in [0.2, 0.25) is 0 Å². The number of anilines is 1. The molecule has 138 valence electrons. The van der Waals surface area contributed by atoms with Crippen molar-refractivity contribution in [1.82, 2.24) is 0 Å². The first-order valence-corrected chi connectivity index (χ1v) is 8.15. The minimum atomic E-state index is -1.12. The molecular weight excluding hydrogens is 341 g/mol. The number of benzene rings is 2. The number of nitrogens with one attached hydrogen (secondary N) is 1. The van der Waals surface area contributed by atoms with Crippen LogP contribution >= 0.6 is 0 Å². The van der Waals surface area contributed by atoms with E-state index in [1.165, 1.54) is 24.3 Å². The Bertz CT molecular complexity index is 807. The summed E-state index contributed by atoms with van der Waals surface area (Å²) < 4.78 is 24.4. The third kappa shape index (κ3) is 4.95. The second kappa shape index (κ2) is 8.84. The van der Waals surface area contributed by atoms with Crippen LogP contribution in [0.2, 0.25) is 0 Å². The molecule has 26 heavy (non-hydrogen) atoms. The Morgan fingerprint density at radius 3 is 2.46 bits per heavy atom. The summed E-state index contributed by atoms with van der Waals surface area (Å²) in [6.45, 7) is 3.40. The minimum Gasteiger partial charge on any atom is -0.490 e. The molecule has 2 N–H and O–H groups in total. The van der Waals surface area contributed by atoms with Crippen LogP contribution < -0.4 is 14.8 Å². The summed E-state index contributed by atoms with van der Waals surface area (Å²) in [5.74, 6) is -1.46. The maximum atomic E-state index is 13.8. The van der Waals surface area contributed by atoms with Crippen LogP contribution in [0.25, 0.3) is 0 Å². The molecule has 0 fully saturated rings. The molecule has 0 saturated carbocycles. The Labute approximate surface area is 150 Å². The fraction of sp³-hybridized carbons (Fsp3) is 0.263. The summed E-state index contributed by atoms with van der Waals surface area (Å²) in [7, 11) is 0. The number of hydrogen-bond donors (Lipinski definition) is 2. The maximum absolute atomic E-state index is 13.8. The number of rotatable bonds is 8. The lowest BCUT2D eigenvalue weighted by Crippen LogP contribution is -2.14. The molecule has 2 aromatic carbocycles. The zero-order chi connectivity index (χ0) is 19.1. The summed E-state index contributed by atoms with van der Waals surface area (Å²) in [6.07, 6.45) is 0.565. The summed E-state index contributed by atoms with van der Waals surface area (Å²) in [6, 6.07) is 8.92. The molecule has 0 unspecified atom stereocenters. The van der Waals surface area contributed by atoms with Crippen LogP contribution in [-0.4, -0.2) is 30.2 Å². The van der Waals surface area contributed by atoms with E-state index in [0.29, 0.717) is 24.3 Å². The highest BCUT2D eigenvalue weighted by atomic mass is 19.1. The number of ether oxygens (including phenoxy) is 2. The van der Waals surface area contributed by atoms with Gasteiger partial charge >= 0.3 is 5.97 Å². The number of hydrogen-bond acceptors (Lipinski definition) is 4.